The maximum atomic E-state index is 12.1. The third-order valence-corrected chi connectivity index (χ3v) is 3.51. The number of benzene rings is 2. The fraction of sp³-hybridized carbons (Fsp3) is 0.188. The molecule has 1 amide bonds. The van der Waals surface area contributed by atoms with Crippen molar-refractivity contribution < 1.29 is 9.53 Å². The summed E-state index contributed by atoms with van der Waals surface area (Å²) in [4.78, 5) is 13.6. The average Bonchev–Trinajstić information content (AvgIpc) is 2.46. The van der Waals surface area contributed by atoms with Crippen LogP contribution in [0.2, 0.25) is 10.0 Å². The Morgan fingerprint density at radius 3 is 2.52 bits per heavy atom. The van der Waals surface area contributed by atoms with Gasteiger partial charge >= 0.3 is 0 Å². The molecule has 0 unspecified atom stereocenters. The lowest BCUT2D eigenvalue weighted by molar-refractivity contribution is 0.0822. The van der Waals surface area contributed by atoms with E-state index in [4.69, 9.17) is 27.9 Å². The van der Waals surface area contributed by atoms with Gasteiger partial charge in [0, 0.05) is 29.7 Å². The molecular weight excluding hydrogens is 309 g/mol. The second-order valence-corrected chi connectivity index (χ2v) is 5.56. The fourth-order valence-corrected chi connectivity index (χ4v) is 2.27. The highest BCUT2D eigenvalue weighted by Gasteiger charge is 2.14. The van der Waals surface area contributed by atoms with Gasteiger partial charge in [-0.15, -0.1) is 0 Å². The summed E-state index contributed by atoms with van der Waals surface area (Å²) in [6, 6.07) is 12.4. The van der Waals surface area contributed by atoms with Crippen LogP contribution in [0.3, 0.4) is 0 Å². The lowest BCUT2D eigenvalue weighted by Gasteiger charge is -2.15. The first kappa shape index (κ1) is 15.7. The molecule has 2 aromatic rings. The molecule has 0 saturated carbocycles. The van der Waals surface area contributed by atoms with Gasteiger partial charge in [-0.05, 0) is 24.3 Å². The zero-order chi connectivity index (χ0) is 15.4. The van der Waals surface area contributed by atoms with E-state index >= 15 is 0 Å². The van der Waals surface area contributed by atoms with E-state index in [1.165, 1.54) is 4.90 Å². The minimum absolute atomic E-state index is 0.104. The quantitative estimate of drug-likeness (QED) is 0.840. The Morgan fingerprint density at radius 1 is 1.14 bits per heavy atom. The molecule has 2 aromatic carbocycles. The summed E-state index contributed by atoms with van der Waals surface area (Å²) in [5.74, 6) is 0.426. The molecule has 2 rings (SSSR count). The first-order chi connectivity index (χ1) is 9.99. The molecule has 0 fully saturated rings. The Bertz CT molecular complexity index is 656. The van der Waals surface area contributed by atoms with Crippen molar-refractivity contribution in [1.29, 1.82) is 0 Å². The number of rotatable bonds is 4. The van der Waals surface area contributed by atoms with Crippen LogP contribution < -0.4 is 4.74 Å². The average molecular weight is 324 g/mol. The van der Waals surface area contributed by atoms with Crippen LogP contribution in [0.15, 0.2) is 42.5 Å². The first-order valence-corrected chi connectivity index (χ1v) is 7.12. The Labute approximate surface area is 134 Å². The number of amides is 1. The number of nitrogens with zero attached hydrogens (tertiary/aromatic N) is 1. The number of para-hydroxylation sites is 1. The molecule has 0 heterocycles. The summed E-state index contributed by atoms with van der Waals surface area (Å²) in [6.45, 7) is 0.272. The first-order valence-electron chi connectivity index (χ1n) is 6.36. The fourth-order valence-electron chi connectivity index (χ4n) is 1.80. The van der Waals surface area contributed by atoms with Gasteiger partial charge in [-0.1, -0.05) is 41.4 Å². The number of carbonyl (C=O) groups is 1. The van der Waals surface area contributed by atoms with Gasteiger partial charge in [-0.2, -0.15) is 0 Å². The number of hydrogen-bond acceptors (Lipinski definition) is 2. The van der Waals surface area contributed by atoms with Gasteiger partial charge in [0.25, 0.3) is 5.91 Å². The van der Waals surface area contributed by atoms with Crippen molar-refractivity contribution in [3.63, 3.8) is 0 Å². The van der Waals surface area contributed by atoms with E-state index in [1.54, 1.807) is 50.5 Å². The summed E-state index contributed by atoms with van der Waals surface area (Å²) in [6.07, 6.45) is 0. The molecule has 0 N–H and O–H groups in total. The molecule has 0 saturated heterocycles. The summed E-state index contributed by atoms with van der Waals surface area (Å²) >= 11 is 12.0. The predicted octanol–water partition coefficient (Wildman–Crippen LogP) is 4.27. The molecule has 0 aliphatic carbocycles. The largest absolute Gasteiger partial charge is 0.488 e. The Hall–Kier alpha value is -1.71. The van der Waals surface area contributed by atoms with Crippen LogP contribution in [0.5, 0.6) is 5.75 Å². The zero-order valence-electron chi connectivity index (χ0n) is 11.8. The molecule has 0 aliphatic rings. The molecule has 0 aromatic heterocycles. The molecular formula is C16H15Cl2NO2. The maximum Gasteiger partial charge on any atom is 0.257 e. The summed E-state index contributed by atoms with van der Waals surface area (Å²) in [5.41, 5.74) is 1.33. The molecule has 0 atom stereocenters. The standard InChI is InChI=1S/C16H15Cl2NO2/c1-19(2)16(20)13-5-3-4-6-15(13)21-10-11-7-8-12(17)9-14(11)18/h3-9H,10H2,1-2H3. The number of hydrogen-bond donors (Lipinski definition) is 0. The van der Waals surface area contributed by atoms with Crippen LogP contribution >= 0.6 is 23.2 Å². The summed E-state index contributed by atoms with van der Waals surface area (Å²) < 4.78 is 5.74. The van der Waals surface area contributed by atoms with Crippen LogP contribution in [0, 0.1) is 0 Å². The van der Waals surface area contributed by atoms with Gasteiger partial charge in [0.1, 0.15) is 12.4 Å². The van der Waals surface area contributed by atoms with Crippen LogP contribution in [0.1, 0.15) is 15.9 Å². The lowest BCUT2D eigenvalue weighted by Crippen LogP contribution is -2.22. The topological polar surface area (TPSA) is 29.5 Å². The minimum Gasteiger partial charge on any atom is -0.488 e. The van der Waals surface area contributed by atoms with E-state index in [9.17, 15) is 4.79 Å². The van der Waals surface area contributed by atoms with Crippen LogP contribution in [0.25, 0.3) is 0 Å². The number of carbonyl (C=O) groups excluding carboxylic acids is 1. The van der Waals surface area contributed by atoms with Crippen LogP contribution in [-0.2, 0) is 6.61 Å². The van der Waals surface area contributed by atoms with Crippen molar-refractivity contribution in [1.82, 2.24) is 4.90 Å². The van der Waals surface area contributed by atoms with Crippen molar-refractivity contribution in [2.45, 2.75) is 6.61 Å². The van der Waals surface area contributed by atoms with E-state index in [0.29, 0.717) is 21.4 Å². The van der Waals surface area contributed by atoms with E-state index in [0.717, 1.165) is 5.56 Å². The Kier molecular flexibility index (Phi) is 5.10. The SMILES string of the molecule is CN(C)C(=O)c1ccccc1OCc1ccc(Cl)cc1Cl. The van der Waals surface area contributed by atoms with Crippen molar-refractivity contribution in [2.75, 3.05) is 14.1 Å². The molecule has 21 heavy (non-hydrogen) atoms. The molecule has 0 aliphatic heterocycles. The molecule has 0 radical (unpaired) electrons. The maximum absolute atomic E-state index is 12.1. The molecule has 0 spiro atoms. The normalized spacial score (nSPS) is 10.3. The summed E-state index contributed by atoms with van der Waals surface area (Å²) in [7, 11) is 3.41. The highest BCUT2D eigenvalue weighted by molar-refractivity contribution is 6.35. The minimum atomic E-state index is -0.104. The van der Waals surface area contributed by atoms with Crippen molar-refractivity contribution in [2.24, 2.45) is 0 Å². The third-order valence-electron chi connectivity index (χ3n) is 2.92. The molecule has 0 bridgehead atoms. The van der Waals surface area contributed by atoms with Gasteiger partial charge in [0.05, 0.1) is 5.56 Å². The van der Waals surface area contributed by atoms with Crippen molar-refractivity contribution in [3.05, 3.63) is 63.6 Å². The van der Waals surface area contributed by atoms with Gasteiger partial charge in [0.15, 0.2) is 0 Å². The van der Waals surface area contributed by atoms with E-state index < -0.39 is 0 Å². The zero-order valence-corrected chi connectivity index (χ0v) is 13.3. The van der Waals surface area contributed by atoms with Crippen LogP contribution in [0.4, 0.5) is 0 Å². The highest BCUT2D eigenvalue weighted by Crippen LogP contribution is 2.24. The van der Waals surface area contributed by atoms with E-state index in [-0.39, 0.29) is 12.5 Å². The van der Waals surface area contributed by atoms with E-state index in [2.05, 4.69) is 0 Å². The van der Waals surface area contributed by atoms with E-state index in [1.807, 2.05) is 6.07 Å². The van der Waals surface area contributed by atoms with Gasteiger partial charge in [-0.3, -0.25) is 4.79 Å². The summed E-state index contributed by atoms with van der Waals surface area (Å²) in [5, 5.41) is 1.12. The van der Waals surface area contributed by atoms with Gasteiger partial charge in [-0.25, -0.2) is 0 Å². The van der Waals surface area contributed by atoms with Gasteiger partial charge < -0.3 is 9.64 Å². The van der Waals surface area contributed by atoms with Crippen molar-refractivity contribution in [3.8, 4) is 5.75 Å². The van der Waals surface area contributed by atoms with Crippen LogP contribution in [-0.4, -0.2) is 24.9 Å². The smallest absolute Gasteiger partial charge is 0.257 e. The monoisotopic (exact) mass is 323 g/mol. The Morgan fingerprint density at radius 2 is 1.86 bits per heavy atom. The molecule has 3 nitrogen and oxygen atoms in total. The Balaban J connectivity index is 2.19. The third kappa shape index (κ3) is 3.90. The second-order valence-electron chi connectivity index (χ2n) is 4.72. The molecule has 110 valence electrons. The number of ether oxygens (including phenoxy) is 1. The number of halogens is 2. The van der Waals surface area contributed by atoms with Crippen molar-refractivity contribution >= 4 is 29.1 Å². The predicted molar refractivity (Wildman–Crippen MR) is 85.3 cm³/mol. The lowest BCUT2D eigenvalue weighted by atomic mass is 10.1. The van der Waals surface area contributed by atoms with Gasteiger partial charge in [0.2, 0.25) is 0 Å². The molecule has 5 heteroatoms. The highest BCUT2D eigenvalue weighted by atomic mass is 35.5. The second kappa shape index (κ2) is 6.83.